The van der Waals surface area contributed by atoms with Gasteiger partial charge in [-0.2, -0.15) is 0 Å². The zero-order chi connectivity index (χ0) is 59.3. The second kappa shape index (κ2) is 61.5. The first-order chi connectivity index (χ1) is 40.3. The van der Waals surface area contributed by atoms with E-state index in [1.165, 1.54) is 225 Å². The number of rotatable bonds is 60. The van der Waals surface area contributed by atoms with Gasteiger partial charge in [0, 0.05) is 6.42 Å². The smallest absolute Gasteiger partial charge is 0.220 e. The van der Waals surface area contributed by atoms with E-state index in [-0.39, 0.29) is 12.5 Å². The summed E-state index contributed by atoms with van der Waals surface area (Å²) in [5, 5.41) is 54.7. The average Bonchev–Trinajstić information content (AvgIpc) is 3.53. The van der Waals surface area contributed by atoms with Gasteiger partial charge in [0.25, 0.3) is 0 Å². The fourth-order valence-electron chi connectivity index (χ4n) is 10.8. The van der Waals surface area contributed by atoms with Crippen molar-refractivity contribution in [2.45, 2.75) is 358 Å². The van der Waals surface area contributed by atoms with Gasteiger partial charge < -0.3 is 40.3 Å². The summed E-state index contributed by atoms with van der Waals surface area (Å²) >= 11 is 0. The van der Waals surface area contributed by atoms with Crippen molar-refractivity contribution < 1.29 is 39.8 Å². The summed E-state index contributed by atoms with van der Waals surface area (Å²) < 4.78 is 11.3. The Morgan fingerprint density at radius 3 is 1.17 bits per heavy atom. The van der Waals surface area contributed by atoms with E-state index in [1.807, 2.05) is 6.08 Å². The first kappa shape index (κ1) is 77.4. The van der Waals surface area contributed by atoms with E-state index in [2.05, 4.69) is 92.1 Å². The molecule has 7 atom stereocenters. The maximum absolute atomic E-state index is 13.1. The molecule has 9 heteroatoms. The molecule has 1 aliphatic rings. The SMILES string of the molecule is CC/C=C\C/C=C\C/C=C\C/C=C\CCCCCCCCCCCCCCCCC(=O)NC(COC1OC(CO)C(O)C(O)C1O)C(O)/C=C/CC/C=C/CC/C=C/CCCCCCCCCCCCCCCCCCCCCCCC. The lowest BCUT2D eigenvalue weighted by molar-refractivity contribution is -0.302. The van der Waals surface area contributed by atoms with Crippen molar-refractivity contribution in [3.63, 3.8) is 0 Å². The molecule has 0 saturated carbocycles. The third-order valence-corrected chi connectivity index (χ3v) is 16.2. The number of unbranched alkanes of at least 4 members (excludes halogenated alkanes) is 38. The van der Waals surface area contributed by atoms with Gasteiger partial charge in [-0.05, 0) is 83.5 Å². The molecule has 6 N–H and O–H groups in total. The molecule has 0 aromatic rings. The lowest BCUT2D eigenvalue weighted by atomic mass is 9.99. The second-order valence-corrected chi connectivity index (χ2v) is 23.9. The molecular weight excluding hydrogens is 1020 g/mol. The number of aliphatic hydroxyl groups excluding tert-OH is 5. The number of aliphatic hydroxyl groups is 5. The van der Waals surface area contributed by atoms with Gasteiger partial charge in [-0.1, -0.05) is 311 Å². The summed E-state index contributed by atoms with van der Waals surface area (Å²) in [6.45, 7) is 3.68. The molecule has 1 saturated heterocycles. The average molecular weight is 1150 g/mol. The first-order valence-corrected chi connectivity index (χ1v) is 34.8. The fourth-order valence-corrected chi connectivity index (χ4v) is 10.8. The third kappa shape index (κ3) is 49.6. The molecule has 0 aliphatic carbocycles. The predicted molar refractivity (Wildman–Crippen MR) is 350 cm³/mol. The Bertz CT molecular complexity index is 1570. The summed E-state index contributed by atoms with van der Waals surface area (Å²) in [5.41, 5.74) is 0. The van der Waals surface area contributed by atoms with Crippen molar-refractivity contribution in [2.24, 2.45) is 0 Å². The molecule has 1 amide bonds. The van der Waals surface area contributed by atoms with Crippen LogP contribution in [0.15, 0.2) is 85.1 Å². The zero-order valence-corrected chi connectivity index (χ0v) is 53.2. The number of hydrogen-bond donors (Lipinski definition) is 6. The summed E-state index contributed by atoms with van der Waals surface area (Å²) in [5.74, 6) is -0.191. The van der Waals surface area contributed by atoms with E-state index in [0.29, 0.717) is 6.42 Å². The number of allylic oxidation sites excluding steroid dienone is 13. The molecule has 1 rings (SSSR count). The minimum atomic E-state index is -1.58. The van der Waals surface area contributed by atoms with Gasteiger partial charge in [0.05, 0.1) is 25.4 Å². The normalized spacial score (nSPS) is 18.8. The fraction of sp³-hybridized carbons (Fsp3) is 0.795. The molecular formula is C73H131NO8. The van der Waals surface area contributed by atoms with Crippen LogP contribution < -0.4 is 5.32 Å². The van der Waals surface area contributed by atoms with Crippen LogP contribution in [0.3, 0.4) is 0 Å². The Morgan fingerprint density at radius 1 is 0.427 bits per heavy atom. The van der Waals surface area contributed by atoms with Crippen LogP contribution in [0.2, 0.25) is 0 Å². The van der Waals surface area contributed by atoms with Crippen molar-refractivity contribution in [1.29, 1.82) is 0 Å². The molecule has 0 radical (unpaired) electrons. The summed E-state index contributed by atoms with van der Waals surface area (Å²) in [7, 11) is 0. The lowest BCUT2D eigenvalue weighted by Crippen LogP contribution is -2.60. The number of nitrogens with one attached hydrogen (secondary N) is 1. The molecule has 0 bridgehead atoms. The van der Waals surface area contributed by atoms with E-state index >= 15 is 0 Å². The third-order valence-electron chi connectivity index (χ3n) is 16.2. The standard InChI is InChI=1S/C73H131NO8/c1-3-5-7-9-11-13-15-17-19-21-23-25-27-29-31-32-33-34-35-37-38-40-42-44-46-48-50-52-54-56-58-60-62-67(76)66(65-81-73-72(80)71(79)70(78)68(64-75)82-73)74-69(77)63-61-59-57-55-53-51-49-47-45-43-41-39-36-30-28-26-24-22-20-18-16-14-12-10-8-6-4-2/h6,8,12,14,18,20,24,26,44,46,52,54,60,62,66-68,70-73,75-76,78-80H,3-5,7,9-11,13,15-17,19,21-23,25,27-43,45,47-51,53,55-59,61,63-65H2,1-2H3,(H,74,77)/b8-6-,14-12-,20-18-,26-24-,46-44+,54-52+,62-60+. The Labute approximate surface area is 505 Å². The van der Waals surface area contributed by atoms with Gasteiger partial charge in [-0.15, -0.1) is 0 Å². The summed E-state index contributed by atoms with van der Waals surface area (Å²) in [4.78, 5) is 13.1. The van der Waals surface area contributed by atoms with Gasteiger partial charge >= 0.3 is 0 Å². The first-order valence-electron chi connectivity index (χ1n) is 34.8. The Hall–Kier alpha value is -2.63. The molecule has 1 aliphatic heterocycles. The van der Waals surface area contributed by atoms with E-state index in [9.17, 15) is 30.3 Å². The maximum atomic E-state index is 13.1. The summed E-state index contributed by atoms with van der Waals surface area (Å²) in [6, 6.07) is -0.835. The minimum Gasteiger partial charge on any atom is -0.394 e. The number of carbonyl (C=O) groups is 1. The predicted octanol–water partition coefficient (Wildman–Crippen LogP) is 18.9. The molecule has 0 aromatic heterocycles. The molecule has 1 fully saturated rings. The Balaban J connectivity index is 2.17. The number of ether oxygens (including phenoxy) is 2. The monoisotopic (exact) mass is 1150 g/mol. The van der Waals surface area contributed by atoms with Crippen LogP contribution in [0.4, 0.5) is 0 Å². The highest BCUT2D eigenvalue weighted by Crippen LogP contribution is 2.23. The summed E-state index contributed by atoms with van der Waals surface area (Å²) in [6.07, 6.45) is 81.2. The lowest BCUT2D eigenvalue weighted by Gasteiger charge is -2.40. The van der Waals surface area contributed by atoms with Crippen LogP contribution in [-0.4, -0.2) is 87.5 Å². The van der Waals surface area contributed by atoms with E-state index in [0.717, 1.165) is 70.6 Å². The molecule has 7 unspecified atom stereocenters. The highest BCUT2D eigenvalue weighted by Gasteiger charge is 2.44. The topological polar surface area (TPSA) is 149 Å². The molecule has 1 heterocycles. The van der Waals surface area contributed by atoms with Crippen LogP contribution >= 0.6 is 0 Å². The van der Waals surface area contributed by atoms with E-state index in [4.69, 9.17) is 9.47 Å². The van der Waals surface area contributed by atoms with Crippen molar-refractivity contribution in [1.82, 2.24) is 5.32 Å². The van der Waals surface area contributed by atoms with Gasteiger partial charge in [-0.3, -0.25) is 4.79 Å². The van der Waals surface area contributed by atoms with Crippen LogP contribution in [0.25, 0.3) is 0 Å². The second-order valence-electron chi connectivity index (χ2n) is 23.9. The molecule has 476 valence electrons. The minimum absolute atomic E-state index is 0.191. The quantitative estimate of drug-likeness (QED) is 0.0261. The van der Waals surface area contributed by atoms with E-state index < -0.39 is 49.5 Å². The Kier molecular flexibility index (Phi) is 58.0. The number of amides is 1. The largest absolute Gasteiger partial charge is 0.394 e. The number of carbonyl (C=O) groups excluding carboxylic acids is 1. The zero-order valence-electron chi connectivity index (χ0n) is 53.2. The van der Waals surface area contributed by atoms with E-state index in [1.54, 1.807) is 6.08 Å². The Morgan fingerprint density at radius 2 is 0.768 bits per heavy atom. The number of hydrogen-bond acceptors (Lipinski definition) is 8. The van der Waals surface area contributed by atoms with Crippen molar-refractivity contribution in [3.8, 4) is 0 Å². The maximum Gasteiger partial charge on any atom is 0.220 e. The molecule has 0 spiro atoms. The van der Waals surface area contributed by atoms with Gasteiger partial charge in [0.15, 0.2) is 6.29 Å². The highest BCUT2D eigenvalue weighted by molar-refractivity contribution is 5.76. The van der Waals surface area contributed by atoms with Crippen LogP contribution in [0.5, 0.6) is 0 Å². The highest BCUT2D eigenvalue weighted by atomic mass is 16.7. The molecule has 9 nitrogen and oxygen atoms in total. The van der Waals surface area contributed by atoms with Crippen molar-refractivity contribution in [2.75, 3.05) is 13.2 Å². The van der Waals surface area contributed by atoms with Crippen LogP contribution in [0, 0.1) is 0 Å². The molecule has 82 heavy (non-hydrogen) atoms. The van der Waals surface area contributed by atoms with Crippen LogP contribution in [-0.2, 0) is 14.3 Å². The van der Waals surface area contributed by atoms with Crippen LogP contribution in [0.1, 0.15) is 316 Å². The van der Waals surface area contributed by atoms with Gasteiger partial charge in [-0.25, -0.2) is 0 Å². The van der Waals surface area contributed by atoms with Crippen molar-refractivity contribution in [3.05, 3.63) is 85.1 Å². The molecule has 0 aromatic carbocycles. The van der Waals surface area contributed by atoms with Gasteiger partial charge in [0.2, 0.25) is 5.91 Å². The van der Waals surface area contributed by atoms with Gasteiger partial charge in [0.1, 0.15) is 24.4 Å². The van der Waals surface area contributed by atoms with Crippen molar-refractivity contribution >= 4 is 5.91 Å².